The highest BCUT2D eigenvalue weighted by Crippen LogP contribution is 2.30. The number of benzene rings is 2. The number of ether oxygens (including phenoxy) is 1. The SMILES string of the molecule is C1=NCc2ccc(Nc3nc(N4CCCNC(Cc5ccccc5)C4)nc4c3COC4)cc21. The summed E-state index contributed by atoms with van der Waals surface area (Å²) in [5.74, 6) is 1.63. The molecule has 6 rings (SSSR count). The smallest absolute Gasteiger partial charge is 0.227 e. The lowest BCUT2D eigenvalue weighted by Gasteiger charge is -2.26. The number of hydrogen-bond donors (Lipinski definition) is 2. The topological polar surface area (TPSA) is 74.7 Å². The zero-order valence-electron chi connectivity index (χ0n) is 18.6. The summed E-state index contributed by atoms with van der Waals surface area (Å²) in [5, 5.41) is 7.26. The molecule has 1 aromatic heterocycles. The van der Waals surface area contributed by atoms with Crippen molar-refractivity contribution in [3.05, 3.63) is 76.5 Å². The van der Waals surface area contributed by atoms with E-state index in [2.05, 4.69) is 69.1 Å². The van der Waals surface area contributed by atoms with Gasteiger partial charge in [0.05, 0.1) is 25.5 Å². The lowest BCUT2D eigenvalue weighted by atomic mass is 10.1. The van der Waals surface area contributed by atoms with Gasteiger partial charge in [0.2, 0.25) is 5.95 Å². The minimum atomic E-state index is 0.357. The summed E-state index contributed by atoms with van der Waals surface area (Å²) in [6, 6.07) is 17.4. The van der Waals surface area contributed by atoms with Gasteiger partial charge in [0.15, 0.2) is 0 Å². The van der Waals surface area contributed by atoms with Crippen LogP contribution in [0.15, 0.2) is 53.5 Å². The second-order valence-electron chi connectivity index (χ2n) is 8.94. The first kappa shape index (κ1) is 20.3. The number of hydrogen-bond acceptors (Lipinski definition) is 7. The van der Waals surface area contributed by atoms with E-state index in [1.165, 1.54) is 16.7 Å². The lowest BCUT2D eigenvalue weighted by Crippen LogP contribution is -2.40. The maximum absolute atomic E-state index is 5.74. The molecule has 3 aliphatic heterocycles. The molecular formula is C26H28N6O. The first-order valence-corrected chi connectivity index (χ1v) is 11.7. The molecule has 0 amide bonds. The molecule has 7 nitrogen and oxygen atoms in total. The van der Waals surface area contributed by atoms with Crippen LogP contribution < -0.4 is 15.5 Å². The minimum Gasteiger partial charge on any atom is -0.370 e. The molecular weight excluding hydrogens is 412 g/mol. The zero-order valence-corrected chi connectivity index (χ0v) is 18.6. The summed E-state index contributed by atoms with van der Waals surface area (Å²) in [4.78, 5) is 16.6. The number of nitrogens with one attached hydrogen (secondary N) is 2. The maximum Gasteiger partial charge on any atom is 0.227 e. The van der Waals surface area contributed by atoms with Crippen molar-refractivity contribution in [1.29, 1.82) is 0 Å². The van der Waals surface area contributed by atoms with Gasteiger partial charge in [0.1, 0.15) is 5.82 Å². The van der Waals surface area contributed by atoms with Crippen LogP contribution in [0.5, 0.6) is 0 Å². The fraction of sp³-hybridized carbons (Fsp3) is 0.346. The van der Waals surface area contributed by atoms with Crippen LogP contribution in [-0.4, -0.2) is 41.9 Å². The van der Waals surface area contributed by atoms with Gasteiger partial charge in [-0.25, -0.2) is 4.98 Å². The van der Waals surface area contributed by atoms with E-state index < -0.39 is 0 Å². The highest BCUT2D eigenvalue weighted by molar-refractivity contribution is 5.86. The van der Waals surface area contributed by atoms with Crippen LogP contribution in [0.4, 0.5) is 17.5 Å². The molecule has 168 valence electrons. The first-order valence-electron chi connectivity index (χ1n) is 11.7. The van der Waals surface area contributed by atoms with Crippen molar-refractivity contribution >= 4 is 23.7 Å². The standard InChI is InChI=1S/C26H28N6O/c1-2-5-18(6-3-1)11-22-15-32(10-4-9-28-22)26-30-24-17-33-16-23(24)25(31-26)29-21-8-7-19-13-27-14-20(19)12-21/h1-3,5-8,12,14,22,28H,4,9-11,13,15-17H2,(H,29,30,31). The molecule has 7 heteroatoms. The third-order valence-electron chi connectivity index (χ3n) is 6.55. The van der Waals surface area contributed by atoms with Crippen LogP contribution in [-0.2, 0) is 30.9 Å². The lowest BCUT2D eigenvalue weighted by molar-refractivity contribution is 0.133. The van der Waals surface area contributed by atoms with Crippen molar-refractivity contribution in [2.24, 2.45) is 4.99 Å². The van der Waals surface area contributed by atoms with Crippen molar-refractivity contribution in [2.75, 3.05) is 29.9 Å². The summed E-state index contributed by atoms with van der Waals surface area (Å²) in [5.41, 5.74) is 6.84. The molecule has 1 atom stereocenters. The predicted octanol–water partition coefficient (Wildman–Crippen LogP) is 3.59. The van der Waals surface area contributed by atoms with Crippen LogP contribution in [0.1, 0.15) is 34.4 Å². The average Bonchev–Trinajstić information content (AvgIpc) is 3.45. The number of aliphatic imine (C=N–C) groups is 1. The molecule has 0 spiro atoms. The van der Waals surface area contributed by atoms with E-state index in [0.717, 1.165) is 67.7 Å². The normalized spacial score (nSPS) is 19.3. The molecule has 33 heavy (non-hydrogen) atoms. The largest absolute Gasteiger partial charge is 0.370 e. The van der Waals surface area contributed by atoms with Gasteiger partial charge in [0.25, 0.3) is 0 Å². The summed E-state index contributed by atoms with van der Waals surface area (Å²) in [7, 11) is 0. The fourth-order valence-corrected chi connectivity index (χ4v) is 4.81. The van der Waals surface area contributed by atoms with E-state index in [1.807, 2.05) is 6.21 Å². The number of fused-ring (bicyclic) bond motifs is 2. The molecule has 0 bridgehead atoms. The second-order valence-corrected chi connectivity index (χ2v) is 8.94. The van der Waals surface area contributed by atoms with Crippen molar-refractivity contribution < 1.29 is 4.74 Å². The van der Waals surface area contributed by atoms with Gasteiger partial charge in [-0.3, -0.25) is 4.99 Å². The molecule has 3 aliphatic rings. The number of aromatic nitrogens is 2. The van der Waals surface area contributed by atoms with E-state index >= 15 is 0 Å². The molecule has 1 saturated heterocycles. The van der Waals surface area contributed by atoms with Gasteiger partial charge >= 0.3 is 0 Å². The third-order valence-corrected chi connectivity index (χ3v) is 6.55. The molecule has 3 aromatic rings. The Bertz CT molecular complexity index is 1180. The molecule has 1 unspecified atom stereocenters. The van der Waals surface area contributed by atoms with Crippen LogP contribution >= 0.6 is 0 Å². The number of nitrogens with zero attached hydrogens (tertiary/aromatic N) is 4. The van der Waals surface area contributed by atoms with Gasteiger partial charge in [-0.1, -0.05) is 36.4 Å². The van der Waals surface area contributed by atoms with Crippen molar-refractivity contribution in [2.45, 2.75) is 38.6 Å². The van der Waals surface area contributed by atoms with Gasteiger partial charge in [-0.05, 0) is 48.2 Å². The molecule has 1 fully saturated rings. The van der Waals surface area contributed by atoms with E-state index in [0.29, 0.717) is 19.3 Å². The minimum absolute atomic E-state index is 0.357. The van der Waals surface area contributed by atoms with Gasteiger partial charge < -0.3 is 20.3 Å². The van der Waals surface area contributed by atoms with Crippen molar-refractivity contribution in [3.63, 3.8) is 0 Å². The summed E-state index contributed by atoms with van der Waals surface area (Å²) >= 11 is 0. The fourth-order valence-electron chi connectivity index (χ4n) is 4.81. The van der Waals surface area contributed by atoms with Crippen molar-refractivity contribution in [1.82, 2.24) is 15.3 Å². The van der Waals surface area contributed by atoms with Crippen LogP contribution in [0, 0.1) is 0 Å². The number of anilines is 3. The van der Waals surface area contributed by atoms with Gasteiger partial charge in [-0.15, -0.1) is 0 Å². The quantitative estimate of drug-likeness (QED) is 0.632. The van der Waals surface area contributed by atoms with Crippen LogP contribution in [0.3, 0.4) is 0 Å². The van der Waals surface area contributed by atoms with Crippen molar-refractivity contribution in [3.8, 4) is 0 Å². The average molecular weight is 441 g/mol. The van der Waals surface area contributed by atoms with E-state index in [9.17, 15) is 0 Å². The van der Waals surface area contributed by atoms with E-state index in [1.54, 1.807) is 0 Å². The summed E-state index contributed by atoms with van der Waals surface area (Å²) < 4.78 is 5.74. The van der Waals surface area contributed by atoms with Crippen LogP contribution in [0.25, 0.3) is 0 Å². The molecule has 4 heterocycles. The predicted molar refractivity (Wildman–Crippen MR) is 130 cm³/mol. The molecule has 2 N–H and O–H groups in total. The van der Waals surface area contributed by atoms with Gasteiger partial charge in [0, 0.05) is 36.6 Å². The second kappa shape index (κ2) is 8.92. The molecule has 2 aromatic carbocycles. The Hall–Kier alpha value is -3.29. The number of rotatable bonds is 5. The van der Waals surface area contributed by atoms with Crippen LogP contribution in [0.2, 0.25) is 0 Å². The van der Waals surface area contributed by atoms with Gasteiger partial charge in [-0.2, -0.15) is 4.98 Å². The zero-order chi connectivity index (χ0) is 22.0. The molecule has 0 radical (unpaired) electrons. The maximum atomic E-state index is 5.74. The Balaban J connectivity index is 1.27. The Morgan fingerprint density at radius 1 is 1.09 bits per heavy atom. The highest BCUT2D eigenvalue weighted by atomic mass is 16.5. The monoisotopic (exact) mass is 440 g/mol. The Kier molecular flexibility index (Phi) is 5.49. The Labute approximate surface area is 193 Å². The Morgan fingerprint density at radius 2 is 2.03 bits per heavy atom. The van der Waals surface area contributed by atoms with E-state index in [-0.39, 0.29) is 0 Å². The third kappa shape index (κ3) is 4.34. The van der Waals surface area contributed by atoms with E-state index in [4.69, 9.17) is 14.7 Å². The summed E-state index contributed by atoms with van der Waals surface area (Å²) in [6.07, 6.45) is 4.00. The molecule has 0 saturated carbocycles. The highest BCUT2D eigenvalue weighted by Gasteiger charge is 2.25. The molecule has 0 aliphatic carbocycles. The Morgan fingerprint density at radius 3 is 2.97 bits per heavy atom. The first-order chi connectivity index (χ1) is 16.3. The summed E-state index contributed by atoms with van der Waals surface area (Å²) in [6.45, 7) is 4.67.